The Balaban J connectivity index is 4.03. The van der Waals surface area contributed by atoms with Crippen LogP contribution in [0.1, 0.15) is 168 Å². The third-order valence-corrected chi connectivity index (χ3v) is 9.57. The molecule has 0 amide bonds. The average Bonchev–Trinajstić information content (AvgIpc) is 3.16. The van der Waals surface area contributed by atoms with Crippen molar-refractivity contribution in [2.75, 3.05) is 33.0 Å². The first-order chi connectivity index (χ1) is 26.4. The van der Waals surface area contributed by atoms with Crippen LogP contribution in [0.3, 0.4) is 0 Å². The molecule has 3 N–H and O–H groups in total. The highest BCUT2D eigenvalue weighted by molar-refractivity contribution is 7.47. The number of ether oxygens (including phenoxy) is 2. The molecule has 54 heavy (non-hydrogen) atoms. The van der Waals surface area contributed by atoms with Crippen LogP contribution in [-0.2, 0) is 27.9 Å². The molecule has 9 heteroatoms. The van der Waals surface area contributed by atoms with Crippen molar-refractivity contribution in [3.8, 4) is 0 Å². The quantitative estimate of drug-likeness (QED) is 0.0273. The Hall–Kier alpha value is -2.06. The van der Waals surface area contributed by atoms with E-state index in [2.05, 4.69) is 86.8 Å². The second-order valence-electron chi connectivity index (χ2n) is 13.8. The van der Waals surface area contributed by atoms with Crippen molar-refractivity contribution in [1.29, 1.82) is 0 Å². The highest BCUT2D eigenvalue weighted by Gasteiger charge is 2.25. The smallest absolute Gasteiger partial charge is 0.457 e. The van der Waals surface area contributed by atoms with Crippen LogP contribution >= 0.6 is 7.82 Å². The maximum absolute atomic E-state index is 12.6. The Morgan fingerprint density at radius 3 is 1.56 bits per heavy atom. The van der Waals surface area contributed by atoms with Gasteiger partial charge >= 0.3 is 13.8 Å². The van der Waals surface area contributed by atoms with E-state index < -0.39 is 13.9 Å². The molecule has 0 fully saturated rings. The number of esters is 1. The van der Waals surface area contributed by atoms with Crippen molar-refractivity contribution in [1.82, 2.24) is 0 Å². The number of hydrogen-bond acceptors (Lipinski definition) is 7. The van der Waals surface area contributed by atoms with Gasteiger partial charge in [0.2, 0.25) is 0 Å². The third-order valence-electron chi connectivity index (χ3n) is 8.59. The SMILES string of the molecule is CC/C=C\C/C=C\C/C=C\C/C=C\CCCCCCCCCCCOCC(COP(=O)(O)OCCN)OC(=O)CCCCCCC/C=C\C/C=C\CCC. The number of rotatable bonds is 40. The first-order valence-corrected chi connectivity index (χ1v) is 22.9. The molecule has 0 aromatic heterocycles. The molecule has 0 spiro atoms. The Morgan fingerprint density at radius 2 is 1.04 bits per heavy atom. The molecule has 0 aliphatic heterocycles. The van der Waals surface area contributed by atoms with Crippen molar-refractivity contribution < 1.29 is 32.8 Å². The molecule has 0 aliphatic rings. The van der Waals surface area contributed by atoms with E-state index in [-0.39, 0.29) is 32.3 Å². The molecular formula is C45H80NO7P. The van der Waals surface area contributed by atoms with Gasteiger partial charge in [-0.05, 0) is 77.0 Å². The lowest BCUT2D eigenvalue weighted by Crippen LogP contribution is -2.28. The van der Waals surface area contributed by atoms with Crippen LogP contribution < -0.4 is 5.73 Å². The number of carbonyl (C=O) groups excluding carboxylic acids is 1. The van der Waals surface area contributed by atoms with Gasteiger partial charge < -0.3 is 20.1 Å². The number of phosphoric acid groups is 1. The summed E-state index contributed by atoms with van der Waals surface area (Å²) >= 11 is 0. The molecule has 8 nitrogen and oxygen atoms in total. The van der Waals surface area contributed by atoms with Gasteiger partial charge in [0.05, 0.1) is 19.8 Å². The molecule has 0 radical (unpaired) electrons. The molecular weight excluding hydrogens is 697 g/mol. The van der Waals surface area contributed by atoms with E-state index in [0.29, 0.717) is 13.0 Å². The molecule has 0 aromatic rings. The molecule has 0 saturated carbocycles. The number of allylic oxidation sites excluding steroid dienone is 12. The van der Waals surface area contributed by atoms with Crippen molar-refractivity contribution in [3.05, 3.63) is 72.9 Å². The number of carbonyl (C=O) groups is 1. The van der Waals surface area contributed by atoms with Gasteiger partial charge in [0.25, 0.3) is 0 Å². The van der Waals surface area contributed by atoms with Gasteiger partial charge in [0.15, 0.2) is 0 Å². The summed E-state index contributed by atoms with van der Waals surface area (Å²) in [5.74, 6) is -0.350. The number of nitrogens with two attached hydrogens (primary N) is 1. The van der Waals surface area contributed by atoms with Crippen molar-refractivity contribution in [2.24, 2.45) is 5.73 Å². The van der Waals surface area contributed by atoms with Gasteiger partial charge in [0, 0.05) is 19.6 Å². The van der Waals surface area contributed by atoms with Crippen LogP contribution in [0.15, 0.2) is 72.9 Å². The Bertz CT molecular complexity index is 1050. The number of phosphoric ester groups is 1. The molecule has 0 aliphatic carbocycles. The number of unbranched alkanes of at least 4 members (excludes halogenated alkanes) is 15. The number of hydrogen-bond donors (Lipinski definition) is 2. The van der Waals surface area contributed by atoms with Crippen LogP contribution in [0.25, 0.3) is 0 Å². The van der Waals surface area contributed by atoms with E-state index in [1.807, 2.05) is 0 Å². The summed E-state index contributed by atoms with van der Waals surface area (Å²) in [5.41, 5.74) is 5.36. The van der Waals surface area contributed by atoms with Gasteiger partial charge in [0.1, 0.15) is 6.10 Å². The van der Waals surface area contributed by atoms with E-state index in [9.17, 15) is 14.3 Å². The topological polar surface area (TPSA) is 117 Å². The molecule has 2 unspecified atom stereocenters. The lowest BCUT2D eigenvalue weighted by Gasteiger charge is -2.20. The first-order valence-electron chi connectivity index (χ1n) is 21.4. The lowest BCUT2D eigenvalue weighted by molar-refractivity contribution is -0.154. The summed E-state index contributed by atoms with van der Waals surface area (Å²) in [6, 6.07) is 0. The van der Waals surface area contributed by atoms with Crippen LogP contribution in [0.5, 0.6) is 0 Å². The Morgan fingerprint density at radius 1 is 0.574 bits per heavy atom. The minimum Gasteiger partial charge on any atom is -0.457 e. The molecule has 0 rings (SSSR count). The monoisotopic (exact) mass is 778 g/mol. The highest BCUT2D eigenvalue weighted by Crippen LogP contribution is 2.43. The maximum atomic E-state index is 12.6. The summed E-state index contributed by atoms with van der Waals surface area (Å²) in [7, 11) is -4.28. The van der Waals surface area contributed by atoms with E-state index >= 15 is 0 Å². The minimum atomic E-state index is -4.28. The summed E-state index contributed by atoms with van der Waals surface area (Å²) in [6.07, 6.45) is 52.1. The Labute approximate surface area is 331 Å². The predicted molar refractivity (Wildman–Crippen MR) is 228 cm³/mol. The zero-order chi connectivity index (χ0) is 39.5. The van der Waals surface area contributed by atoms with Crippen molar-refractivity contribution in [2.45, 2.75) is 174 Å². The molecule has 312 valence electrons. The van der Waals surface area contributed by atoms with Gasteiger partial charge in [-0.15, -0.1) is 0 Å². The fraction of sp³-hybridized carbons (Fsp3) is 0.711. The summed E-state index contributed by atoms with van der Waals surface area (Å²) in [4.78, 5) is 22.4. The highest BCUT2D eigenvalue weighted by atomic mass is 31.2. The Kier molecular flexibility index (Phi) is 40.5. The van der Waals surface area contributed by atoms with Gasteiger partial charge in [-0.3, -0.25) is 13.8 Å². The fourth-order valence-electron chi connectivity index (χ4n) is 5.49. The molecule has 0 bridgehead atoms. The van der Waals surface area contributed by atoms with E-state index in [4.69, 9.17) is 24.3 Å². The largest absolute Gasteiger partial charge is 0.472 e. The molecule has 2 atom stereocenters. The second kappa shape index (κ2) is 42.1. The van der Waals surface area contributed by atoms with E-state index in [0.717, 1.165) is 89.9 Å². The molecule has 0 saturated heterocycles. The van der Waals surface area contributed by atoms with Crippen LogP contribution in [-0.4, -0.2) is 49.9 Å². The van der Waals surface area contributed by atoms with Crippen molar-refractivity contribution >= 4 is 13.8 Å². The van der Waals surface area contributed by atoms with Gasteiger partial charge in [-0.1, -0.05) is 157 Å². The zero-order valence-electron chi connectivity index (χ0n) is 34.4. The maximum Gasteiger partial charge on any atom is 0.472 e. The molecule has 0 heterocycles. The van der Waals surface area contributed by atoms with Crippen LogP contribution in [0.2, 0.25) is 0 Å². The van der Waals surface area contributed by atoms with Crippen molar-refractivity contribution in [3.63, 3.8) is 0 Å². The normalized spacial score (nSPS) is 14.2. The predicted octanol–water partition coefficient (Wildman–Crippen LogP) is 12.7. The average molecular weight is 778 g/mol. The zero-order valence-corrected chi connectivity index (χ0v) is 35.3. The van der Waals surface area contributed by atoms with Gasteiger partial charge in [-0.25, -0.2) is 4.57 Å². The van der Waals surface area contributed by atoms with E-state index in [1.54, 1.807) is 0 Å². The minimum absolute atomic E-state index is 0.0934. The lowest BCUT2D eigenvalue weighted by atomic mass is 10.1. The third kappa shape index (κ3) is 41.1. The van der Waals surface area contributed by atoms with E-state index in [1.165, 1.54) is 57.8 Å². The standard InChI is InChI=1S/C45H80NO7P/c1-3-5-7-9-11-13-15-17-18-19-20-21-22-23-24-25-27-29-31-33-35-37-40-50-42-44(43-52-54(48,49)51-41-39-46)53-45(47)38-36-34-32-30-28-26-16-14-12-10-8-6-4-2/h5,7-8,10-11,13-14,16-18,20-21,44H,3-4,6,9,12,15,19,22-43,46H2,1-2H3,(H,48,49)/b7-5-,10-8-,13-11-,16-14-,18-17-,21-20-. The van der Waals surface area contributed by atoms with Crippen LogP contribution in [0.4, 0.5) is 0 Å². The van der Waals surface area contributed by atoms with Gasteiger partial charge in [-0.2, -0.15) is 0 Å². The first kappa shape index (κ1) is 51.9. The fourth-order valence-corrected chi connectivity index (χ4v) is 6.26. The summed E-state index contributed by atoms with van der Waals surface area (Å²) < 4.78 is 33.4. The summed E-state index contributed by atoms with van der Waals surface area (Å²) in [5, 5.41) is 0. The summed E-state index contributed by atoms with van der Waals surface area (Å²) in [6.45, 7) is 4.69. The second-order valence-corrected chi connectivity index (χ2v) is 15.3. The molecule has 0 aromatic carbocycles. The van der Waals surface area contributed by atoms with Crippen LogP contribution in [0, 0.1) is 0 Å².